The van der Waals surface area contributed by atoms with Crippen LogP contribution in [0.5, 0.6) is 0 Å². The van der Waals surface area contributed by atoms with Crippen LogP contribution < -0.4 is 0 Å². The molecule has 1 aromatic carbocycles. The quantitative estimate of drug-likeness (QED) is 0.488. The van der Waals surface area contributed by atoms with Gasteiger partial charge < -0.3 is 4.74 Å². The van der Waals surface area contributed by atoms with Gasteiger partial charge in [0.2, 0.25) is 5.69 Å². The standard InChI is InChI=1S/C9H6FNO2/c1-11-7-5-3-4-6(10)8(7)9(12)13-2/h3-5H,2H3. The van der Waals surface area contributed by atoms with Gasteiger partial charge in [-0.25, -0.2) is 14.0 Å². The average Bonchev–Trinajstić information content (AvgIpc) is 2.16. The fraction of sp³-hybridized carbons (Fsp3) is 0.111. The first-order valence-corrected chi connectivity index (χ1v) is 3.45. The van der Waals surface area contributed by atoms with Crippen LogP contribution in [0.15, 0.2) is 18.2 Å². The van der Waals surface area contributed by atoms with E-state index in [1.165, 1.54) is 12.1 Å². The van der Waals surface area contributed by atoms with Crippen molar-refractivity contribution in [2.45, 2.75) is 0 Å². The SMILES string of the molecule is [C-]#[N+]c1cccc(F)c1C(=O)OC. The number of ether oxygens (including phenoxy) is 1. The maximum atomic E-state index is 13.0. The third kappa shape index (κ3) is 1.64. The third-order valence-electron chi connectivity index (χ3n) is 1.50. The van der Waals surface area contributed by atoms with Crippen LogP contribution >= 0.6 is 0 Å². The van der Waals surface area contributed by atoms with Gasteiger partial charge >= 0.3 is 5.97 Å². The largest absolute Gasteiger partial charge is 0.466 e. The summed E-state index contributed by atoms with van der Waals surface area (Å²) in [7, 11) is 1.14. The minimum Gasteiger partial charge on any atom is -0.466 e. The van der Waals surface area contributed by atoms with Crippen molar-refractivity contribution in [3.63, 3.8) is 0 Å². The van der Waals surface area contributed by atoms with E-state index in [9.17, 15) is 9.18 Å². The van der Waals surface area contributed by atoms with Crippen molar-refractivity contribution in [3.05, 3.63) is 41.0 Å². The number of esters is 1. The molecule has 0 fully saturated rings. The molecule has 0 aliphatic rings. The van der Waals surface area contributed by atoms with Gasteiger partial charge in [0.1, 0.15) is 11.4 Å². The Balaban J connectivity index is 3.33. The van der Waals surface area contributed by atoms with E-state index in [1.54, 1.807) is 0 Å². The van der Waals surface area contributed by atoms with Gasteiger partial charge in [-0.3, -0.25) is 0 Å². The zero-order chi connectivity index (χ0) is 9.84. The lowest BCUT2D eigenvalue weighted by molar-refractivity contribution is 0.0597. The van der Waals surface area contributed by atoms with E-state index in [0.717, 1.165) is 13.2 Å². The lowest BCUT2D eigenvalue weighted by atomic mass is 10.2. The molecule has 0 unspecified atom stereocenters. The Bertz CT molecular complexity index is 382. The Morgan fingerprint density at radius 3 is 2.85 bits per heavy atom. The first-order chi connectivity index (χ1) is 6.20. The molecule has 1 aromatic rings. The molecule has 0 amide bonds. The molecule has 4 heteroatoms. The topological polar surface area (TPSA) is 30.7 Å². The summed E-state index contributed by atoms with van der Waals surface area (Å²) in [5, 5.41) is 0. The molecule has 0 aromatic heterocycles. The summed E-state index contributed by atoms with van der Waals surface area (Å²) >= 11 is 0. The lowest BCUT2D eigenvalue weighted by Crippen LogP contribution is -2.04. The summed E-state index contributed by atoms with van der Waals surface area (Å²) in [6.45, 7) is 6.70. The second-order valence-electron chi connectivity index (χ2n) is 2.24. The van der Waals surface area contributed by atoms with Crippen molar-refractivity contribution < 1.29 is 13.9 Å². The highest BCUT2D eigenvalue weighted by atomic mass is 19.1. The highest BCUT2D eigenvalue weighted by Crippen LogP contribution is 2.22. The molecule has 0 heterocycles. The molecule has 0 aliphatic heterocycles. The third-order valence-corrected chi connectivity index (χ3v) is 1.50. The average molecular weight is 179 g/mol. The maximum Gasteiger partial charge on any atom is 0.330 e. The van der Waals surface area contributed by atoms with Crippen LogP contribution in [0.2, 0.25) is 0 Å². The molecule has 0 bridgehead atoms. The molecule has 1 rings (SSSR count). The van der Waals surface area contributed by atoms with Crippen molar-refractivity contribution in [1.29, 1.82) is 0 Å². The number of rotatable bonds is 1. The number of nitrogens with zero attached hydrogens (tertiary/aromatic N) is 1. The van der Waals surface area contributed by atoms with Gasteiger partial charge in [0.15, 0.2) is 0 Å². The highest BCUT2D eigenvalue weighted by Gasteiger charge is 2.16. The van der Waals surface area contributed by atoms with Gasteiger partial charge in [-0.1, -0.05) is 12.1 Å². The van der Waals surface area contributed by atoms with Crippen LogP contribution in [-0.2, 0) is 4.74 Å². The van der Waals surface area contributed by atoms with Crippen LogP contribution in [-0.4, -0.2) is 13.1 Å². The fourth-order valence-corrected chi connectivity index (χ4v) is 0.910. The number of hydrogen-bond acceptors (Lipinski definition) is 2. The number of halogens is 1. The van der Waals surface area contributed by atoms with Crippen LogP contribution in [0.1, 0.15) is 10.4 Å². The second kappa shape index (κ2) is 3.68. The van der Waals surface area contributed by atoms with Crippen molar-refractivity contribution >= 4 is 11.7 Å². The van der Waals surface area contributed by atoms with Crippen LogP contribution in [0, 0.1) is 12.4 Å². The van der Waals surface area contributed by atoms with Gasteiger partial charge in [0.25, 0.3) is 0 Å². The number of carbonyl (C=O) groups excluding carboxylic acids is 1. The summed E-state index contributed by atoms with van der Waals surface area (Å²) in [5.41, 5.74) is -0.341. The Kier molecular flexibility index (Phi) is 2.60. The number of hydrogen-bond donors (Lipinski definition) is 0. The predicted molar refractivity (Wildman–Crippen MR) is 44.0 cm³/mol. The molecule has 0 aliphatic carbocycles. The van der Waals surface area contributed by atoms with Gasteiger partial charge in [-0.2, -0.15) is 0 Å². The number of carbonyl (C=O) groups is 1. The van der Waals surface area contributed by atoms with Crippen molar-refractivity contribution in [1.82, 2.24) is 0 Å². The summed E-state index contributed by atoms with van der Waals surface area (Å²) in [6, 6.07) is 3.85. The summed E-state index contributed by atoms with van der Waals surface area (Å²) in [6.07, 6.45) is 0. The summed E-state index contributed by atoms with van der Waals surface area (Å²) in [4.78, 5) is 14.0. The molecule has 0 radical (unpaired) electrons. The first kappa shape index (κ1) is 9.20. The monoisotopic (exact) mass is 179 g/mol. The summed E-state index contributed by atoms with van der Waals surface area (Å²) < 4.78 is 17.4. The highest BCUT2D eigenvalue weighted by molar-refractivity contribution is 5.96. The van der Waals surface area contributed by atoms with Gasteiger partial charge in [0.05, 0.1) is 13.7 Å². The number of methoxy groups -OCH3 is 1. The predicted octanol–water partition coefficient (Wildman–Crippen LogP) is 2.16. The van der Waals surface area contributed by atoms with E-state index in [0.29, 0.717) is 0 Å². The Labute approximate surface area is 74.6 Å². The maximum absolute atomic E-state index is 13.0. The first-order valence-electron chi connectivity index (χ1n) is 3.45. The molecule has 0 saturated heterocycles. The minimum absolute atomic E-state index is 0.0353. The molecular formula is C9H6FNO2. The van der Waals surface area contributed by atoms with Gasteiger partial charge in [-0.15, -0.1) is 0 Å². The molecule has 3 nitrogen and oxygen atoms in total. The zero-order valence-electron chi connectivity index (χ0n) is 6.87. The molecule has 0 N–H and O–H groups in total. The molecule has 66 valence electrons. The molecule has 0 saturated carbocycles. The Hall–Kier alpha value is -1.89. The van der Waals surface area contributed by atoms with E-state index < -0.39 is 11.8 Å². The normalized spacial score (nSPS) is 9.00. The van der Waals surface area contributed by atoms with Gasteiger partial charge in [-0.05, 0) is 6.07 Å². The van der Waals surface area contributed by atoms with E-state index in [4.69, 9.17) is 6.57 Å². The lowest BCUT2D eigenvalue weighted by Gasteiger charge is -2.02. The molecular weight excluding hydrogens is 173 g/mol. The van der Waals surface area contributed by atoms with E-state index in [-0.39, 0.29) is 11.3 Å². The van der Waals surface area contributed by atoms with Crippen molar-refractivity contribution in [3.8, 4) is 0 Å². The molecule has 0 spiro atoms. The fourth-order valence-electron chi connectivity index (χ4n) is 0.910. The molecule has 0 atom stereocenters. The van der Waals surface area contributed by atoms with Crippen LogP contribution in [0.3, 0.4) is 0 Å². The second-order valence-corrected chi connectivity index (χ2v) is 2.24. The number of benzene rings is 1. The van der Waals surface area contributed by atoms with E-state index in [2.05, 4.69) is 9.58 Å². The van der Waals surface area contributed by atoms with Crippen molar-refractivity contribution in [2.75, 3.05) is 7.11 Å². The van der Waals surface area contributed by atoms with Crippen molar-refractivity contribution in [2.24, 2.45) is 0 Å². The minimum atomic E-state index is -0.830. The smallest absolute Gasteiger partial charge is 0.330 e. The van der Waals surface area contributed by atoms with Crippen LogP contribution in [0.4, 0.5) is 10.1 Å². The molecule has 13 heavy (non-hydrogen) atoms. The van der Waals surface area contributed by atoms with E-state index >= 15 is 0 Å². The van der Waals surface area contributed by atoms with Gasteiger partial charge in [0, 0.05) is 0 Å². The zero-order valence-corrected chi connectivity index (χ0v) is 6.87. The summed E-state index contributed by atoms with van der Waals surface area (Å²) in [5.74, 6) is -1.57. The van der Waals surface area contributed by atoms with E-state index in [1.807, 2.05) is 0 Å². The Morgan fingerprint density at radius 1 is 1.62 bits per heavy atom. The van der Waals surface area contributed by atoms with Crippen LogP contribution in [0.25, 0.3) is 4.85 Å². The Morgan fingerprint density at radius 2 is 2.31 bits per heavy atom.